The van der Waals surface area contributed by atoms with Gasteiger partial charge in [0, 0.05) is 12.2 Å². The number of hydrogen-bond donors (Lipinski definition) is 2. The lowest BCUT2D eigenvalue weighted by molar-refractivity contribution is 0.349. The Kier molecular flexibility index (Phi) is 2.78. The smallest absolute Gasteiger partial charge is 0.149 e. The van der Waals surface area contributed by atoms with Crippen molar-refractivity contribution in [3.05, 3.63) is 17.8 Å². The highest BCUT2D eigenvalue weighted by molar-refractivity contribution is 5.65. The van der Waals surface area contributed by atoms with E-state index < -0.39 is 0 Å². The van der Waals surface area contributed by atoms with Crippen LogP contribution in [-0.4, -0.2) is 11.0 Å². The fraction of sp³-hybridized carbons (Fsp3) is 0.615. The van der Waals surface area contributed by atoms with Crippen LogP contribution in [0.15, 0.2) is 12.3 Å². The normalized spacial score (nSPS) is 23.3. The van der Waals surface area contributed by atoms with Crippen LogP contribution in [0.3, 0.4) is 0 Å². The summed E-state index contributed by atoms with van der Waals surface area (Å²) in [6, 6.07) is 2.43. The summed E-state index contributed by atoms with van der Waals surface area (Å²) in [7, 11) is 0. The van der Waals surface area contributed by atoms with Crippen molar-refractivity contribution in [1.82, 2.24) is 4.98 Å². The number of nitrogen functional groups attached to an aromatic ring is 1. The monoisotopic (exact) mass is 219 g/mol. The number of aryl methyl sites for hydroxylation is 1. The van der Waals surface area contributed by atoms with Crippen LogP contribution in [0.5, 0.6) is 0 Å². The summed E-state index contributed by atoms with van der Waals surface area (Å²) < 4.78 is 0. The Morgan fingerprint density at radius 1 is 1.50 bits per heavy atom. The maximum Gasteiger partial charge on any atom is 0.149 e. The van der Waals surface area contributed by atoms with Gasteiger partial charge in [0.1, 0.15) is 5.82 Å². The van der Waals surface area contributed by atoms with E-state index in [0.29, 0.717) is 11.5 Å². The first kappa shape index (κ1) is 11.2. The molecule has 1 aromatic heterocycles. The molecule has 0 radical (unpaired) electrons. The van der Waals surface area contributed by atoms with E-state index in [2.05, 4.69) is 24.1 Å². The van der Waals surface area contributed by atoms with E-state index in [4.69, 9.17) is 5.73 Å². The number of anilines is 2. The third-order valence-electron chi connectivity index (χ3n) is 3.78. The molecule has 1 saturated carbocycles. The summed E-state index contributed by atoms with van der Waals surface area (Å²) in [5.41, 5.74) is 8.24. The number of nitrogens with zero attached hydrogens (tertiary/aromatic N) is 1. The van der Waals surface area contributed by atoms with Crippen molar-refractivity contribution in [3.63, 3.8) is 0 Å². The van der Waals surface area contributed by atoms with Crippen LogP contribution >= 0.6 is 0 Å². The molecular weight excluding hydrogens is 198 g/mol. The van der Waals surface area contributed by atoms with Crippen molar-refractivity contribution in [2.75, 3.05) is 11.1 Å². The standard InChI is InChI=1S/C13H21N3/c1-9-6-8-15-12(11(9)14)16-10-5-4-7-13(10,2)3/h6,8,10H,4-5,7,14H2,1-3H3,(H,15,16). The van der Waals surface area contributed by atoms with Gasteiger partial charge in [0.2, 0.25) is 0 Å². The Morgan fingerprint density at radius 3 is 2.88 bits per heavy atom. The van der Waals surface area contributed by atoms with E-state index in [1.54, 1.807) is 0 Å². The van der Waals surface area contributed by atoms with Gasteiger partial charge in [-0.15, -0.1) is 0 Å². The molecule has 0 bridgehead atoms. The van der Waals surface area contributed by atoms with E-state index in [9.17, 15) is 0 Å². The number of nitrogens with two attached hydrogens (primary N) is 1. The SMILES string of the molecule is Cc1ccnc(NC2CCCC2(C)C)c1N. The second-order valence-corrected chi connectivity index (χ2v) is 5.47. The van der Waals surface area contributed by atoms with Gasteiger partial charge in [-0.3, -0.25) is 0 Å². The lowest BCUT2D eigenvalue weighted by atomic mass is 9.87. The molecule has 16 heavy (non-hydrogen) atoms. The first-order valence-electron chi connectivity index (χ1n) is 5.98. The van der Waals surface area contributed by atoms with Gasteiger partial charge in [-0.25, -0.2) is 4.98 Å². The second kappa shape index (κ2) is 3.96. The molecule has 0 saturated heterocycles. The Hall–Kier alpha value is -1.25. The van der Waals surface area contributed by atoms with Crippen LogP contribution in [0.4, 0.5) is 11.5 Å². The average molecular weight is 219 g/mol. The van der Waals surface area contributed by atoms with Crippen molar-refractivity contribution in [2.24, 2.45) is 5.41 Å². The summed E-state index contributed by atoms with van der Waals surface area (Å²) in [5.74, 6) is 0.847. The van der Waals surface area contributed by atoms with Crippen LogP contribution < -0.4 is 11.1 Å². The molecule has 3 N–H and O–H groups in total. The third-order valence-corrected chi connectivity index (χ3v) is 3.78. The molecule has 88 valence electrons. The Morgan fingerprint density at radius 2 is 2.25 bits per heavy atom. The largest absolute Gasteiger partial charge is 0.396 e. The molecule has 1 heterocycles. The predicted molar refractivity (Wildman–Crippen MR) is 68.4 cm³/mol. The highest BCUT2D eigenvalue weighted by Crippen LogP contribution is 2.39. The lowest BCUT2D eigenvalue weighted by Gasteiger charge is -2.28. The summed E-state index contributed by atoms with van der Waals surface area (Å²) in [6.45, 7) is 6.63. The fourth-order valence-electron chi connectivity index (χ4n) is 2.44. The minimum atomic E-state index is 0.345. The maximum absolute atomic E-state index is 6.02. The van der Waals surface area contributed by atoms with E-state index in [-0.39, 0.29) is 0 Å². The molecule has 3 nitrogen and oxygen atoms in total. The van der Waals surface area contributed by atoms with Crippen LogP contribution in [0.25, 0.3) is 0 Å². The Labute approximate surface area is 97.5 Å². The van der Waals surface area contributed by atoms with Crippen molar-refractivity contribution in [3.8, 4) is 0 Å². The molecule has 1 aliphatic carbocycles. The van der Waals surface area contributed by atoms with Gasteiger partial charge in [-0.05, 0) is 36.8 Å². The zero-order valence-electron chi connectivity index (χ0n) is 10.4. The molecule has 0 spiro atoms. The minimum Gasteiger partial charge on any atom is -0.396 e. The van der Waals surface area contributed by atoms with E-state index in [1.165, 1.54) is 19.3 Å². The predicted octanol–water partition coefficient (Wildman–Crippen LogP) is 2.96. The molecule has 2 rings (SSSR count). The summed E-state index contributed by atoms with van der Waals surface area (Å²) in [4.78, 5) is 4.33. The van der Waals surface area contributed by atoms with Gasteiger partial charge in [-0.1, -0.05) is 20.3 Å². The van der Waals surface area contributed by atoms with E-state index in [0.717, 1.165) is 17.1 Å². The zero-order chi connectivity index (χ0) is 11.8. The number of hydrogen-bond acceptors (Lipinski definition) is 3. The lowest BCUT2D eigenvalue weighted by Crippen LogP contribution is -2.31. The van der Waals surface area contributed by atoms with Crippen LogP contribution in [-0.2, 0) is 0 Å². The first-order valence-corrected chi connectivity index (χ1v) is 5.98. The summed E-state index contributed by atoms with van der Waals surface area (Å²) in [6.07, 6.45) is 5.59. The molecule has 1 atom stereocenters. The quantitative estimate of drug-likeness (QED) is 0.804. The molecule has 3 heteroatoms. The second-order valence-electron chi connectivity index (χ2n) is 5.47. The van der Waals surface area contributed by atoms with E-state index >= 15 is 0 Å². The van der Waals surface area contributed by atoms with Gasteiger partial charge >= 0.3 is 0 Å². The summed E-state index contributed by atoms with van der Waals surface area (Å²) in [5, 5.41) is 3.50. The molecule has 0 aromatic carbocycles. The Bertz CT molecular complexity index is 385. The number of aromatic nitrogens is 1. The molecule has 1 fully saturated rings. The van der Waals surface area contributed by atoms with Crippen LogP contribution in [0.1, 0.15) is 38.7 Å². The van der Waals surface area contributed by atoms with Crippen LogP contribution in [0.2, 0.25) is 0 Å². The molecule has 1 unspecified atom stereocenters. The van der Waals surface area contributed by atoms with Crippen molar-refractivity contribution < 1.29 is 0 Å². The van der Waals surface area contributed by atoms with Crippen molar-refractivity contribution in [2.45, 2.75) is 46.1 Å². The van der Waals surface area contributed by atoms with Gasteiger partial charge in [-0.2, -0.15) is 0 Å². The van der Waals surface area contributed by atoms with Crippen molar-refractivity contribution in [1.29, 1.82) is 0 Å². The van der Waals surface area contributed by atoms with Crippen molar-refractivity contribution >= 4 is 11.5 Å². The molecule has 1 aromatic rings. The number of pyridine rings is 1. The highest BCUT2D eigenvalue weighted by Gasteiger charge is 2.34. The summed E-state index contributed by atoms with van der Waals surface area (Å²) >= 11 is 0. The molecule has 0 amide bonds. The van der Waals surface area contributed by atoms with E-state index in [1.807, 2.05) is 19.2 Å². The third kappa shape index (κ3) is 1.99. The zero-order valence-corrected chi connectivity index (χ0v) is 10.4. The Balaban J connectivity index is 2.18. The van der Waals surface area contributed by atoms with Gasteiger partial charge in [0.25, 0.3) is 0 Å². The number of nitrogens with one attached hydrogen (secondary N) is 1. The molecule has 1 aliphatic rings. The highest BCUT2D eigenvalue weighted by atomic mass is 15.0. The van der Waals surface area contributed by atoms with Gasteiger partial charge in [0.05, 0.1) is 5.69 Å². The van der Waals surface area contributed by atoms with Crippen LogP contribution in [0, 0.1) is 12.3 Å². The maximum atomic E-state index is 6.02. The number of rotatable bonds is 2. The average Bonchev–Trinajstić information content (AvgIpc) is 2.54. The van der Waals surface area contributed by atoms with Gasteiger partial charge < -0.3 is 11.1 Å². The molecule has 0 aliphatic heterocycles. The minimum absolute atomic E-state index is 0.345. The molecular formula is C13H21N3. The van der Waals surface area contributed by atoms with Gasteiger partial charge in [0.15, 0.2) is 0 Å². The fourth-order valence-corrected chi connectivity index (χ4v) is 2.44. The topological polar surface area (TPSA) is 50.9 Å². The first-order chi connectivity index (χ1) is 7.50.